The summed E-state index contributed by atoms with van der Waals surface area (Å²) in [5, 5.41) is 0. The minimum atomic E-state index is -3.42. The van der Waals surface area contributed by atoms with Crippen LogP contribution in [0.5, 0.6) is 5.75 Å². The fraction of sp³-hybridized carbons (Fsp3) is 0.571. The van der Waals surface area contributed by atoms with E-state index in [1.165, 1.54) is 0 Å². The number of piperidine rings is 1. The quantitative estimate of drug-likeness (QED) is 0.802. The summed E-state index contributed by atoms with van der Waals surface area (Å²) in [7, 11) is -1.88. The number of ether oxygens (including phenoxy) is 1. The van der Waals surface area contributed by atoms with Crippen LogP contribution in [0.15, 0.2) is 23.1 Å². The Bertz CT molecular complexity index is 566. The summed E-state index contributed by atoms with van der Waals surface area (Å²) in [5.41, 5.74) is 0.695. The van der Waals surface area contributed by atoms with E-state index in [1.807, 2.05) is 0 Å². The van der Waals surface area contributed by atoms with Gasteiger partial charge >= 0.3 is 0 Å². The van der Waals surface area contributed by atoms with Gasteiger partial charge in [-0.25, -0.2) is 8.42 Å². The second-order valence-corrected chi connectivity index (χ2v) is 7.40. The third kappa shape index (κ3) is 3.10. The molecule has 6 heteroatoms. The molecule has 0 N–H and O–H groups in total. The fourth-order valence-corrected chi connectivity index (χ4v) is 4.12. The van der Waals surface area contributed by atoms with Crippen molar-refractivity contribution in [1.29, 1.82) is 0 Å². The molecule has 0 bridgehead atoms. The van der Waals surface area contributed by atoms with Gasteiger partial charge in [0.2, 0.25) is 10.0 Å². The molecule has 0 aliphatic carbocycles. The first-order chi connectivity index (χ1) is 9.48. The molecular formula is C14H20ClNO3S. The van der Waals surface area contributed by atoms with Crippen molar-refractivity contribution >= 4 is 21.6 Å². The van der Waals surface area contributed by atoms with Crippen molar-refractivity contribution in [1.82, 2.24) is 4.31 Å². The van der Waals surface area contributed by atoms with E-state index in [9.17, 15) is 8.42 Å². The molecule has 0 radical (unpaired) electrons. The first-order valence-electron chi connectivity index (χ1n) is 6.72. The average molecular weight is 318 g/mol. The van der Waals surface area contributed by atoms with Crippen LogP contribution in [0.2, 0.25) is 0 Å². The minimum absolute atomic E-state index is 0.226. The van der Waals surface area contributed by atoms with Crippen molar-refractivity contribution < 1.29 is 13.2 Å². The summed E-state index contributed by atoms with van der Waals surface area (Å²) in [5.74, 6) is 1.44. The van der Waals surface area contributed by atoms with Crippen molar-refractivity contribution in [3.05, 3.63) is 23.8 Å². The van der Waals surface area contributed by atoms with Gasteiger partial charge in [-0.15, -0.1) is 11.6 Å². The van der Waals surface area contributed by atoms with E-state index in [1.54, 1.807) is 29.6 Å². The second kappa shape index (κ2) is 6.33. The lowest BCUT2D eigenvalue weighted by atomic mass is 10.0. The van der Waals surface area contributed by atoms with Crippen LogP contribution in [-0.2, 0) is 15.9 Å². The Morgan fingerprint density at radius 2 is 2.00 bits per heavy atom. The molecular weight excluding hydrogens is 298 g/mol. The summed E-state index contributed by atoms with van der Waals surface area (Å²) in [6, 6.07) is 4.86. The molecule has 0 spiro atoms. The van der Waals surface area contributed by atoms with Crippen molar-refractivity contribution in [2.24, 2.45) is 5.92 Å². The highest BCUT2D eigenvalue weighted by atomic mass is 35.5. The molecule has 1 aliphatic heterocycles. The van der Waals surface area contributed by atoms with E-state index in [0.717, 1.165) is 12.8 Å². The van der Waals surface area contributed by atoms with Gasteiger partial charge in [0.25, 0.3) is 0 Å². The number of hydrogen-bond donors (Lipinski definition) is 0. The Kier molecular flexibility index (Phi) is 4.94. The molecule has 0 amide bonds. The third-order valence-corrected chi connectivity index (χ3v) is 5.96. The maximum Gasteiger partial charge on any atom is 0.243 e. The summed E-state index contributed by atoms with van der Waals surface area (Å²) in [6.45, 7) is 3.33. The number of methoxy groups -OCH3 is 1. The molecule has 0 unspecified atom stereocenters. The average Bonchev–Trinajstić information content (AvgIpc) is 2.46. The number of hydrogen-bond acceptors (Lipinski definition) is 3. The molecule has 0 saturated carbocycles. The SMILES string of the molecule is COc1ccc(S(=O)(=O)N2CCC(C)CC2)cc1CCl. The molecule has 1 aromatic rings. The molecule has 1 fully saturated rings. The molecule has 0 aromatic heterocycles. The summed E-state index contributed by atoms with van der Waals surface area (Å²) >= 11 is 5.85. The smallest absolute Gasteiger partial charge is 0.243 e. The van der Waals surface area contributed by atoms with Crippen molar-refractivity contribution in [3.8, 4) is 5.75 Å². The Morgan fingerprint density at radius 3 is 2.55 bits per heavy atom. The first-order valence-corrected chi connectivity index (χ1v) is 8.69. The Morgan fingerprint density at radius 1 is 1.35 bits per heavy atom. The highest BCUT2D eigenvalue weighted by molar-refractivity contribution is 7.89. The minimum Gasteiger partial charge on any atom is -0.496 e. The van der Waals surface area contributed by atoms with E-state index in [4.69, 9.17) is 16.3 Å². The standard InChI is InChI=1S/C14H20ClNO3S/c1-11-5-7-16(8-6-11)20(17,18)13-3-4-14(19-2)12(9-13)10-15/h3-4,9,11H,5-8,10H2,1-2H3. The van der Waals surface area contributed by atoms with E-state index in [2.05, 4.69) is 6.92 Å². The number of nitrogens with zero attached hydrogens (tertiary/aromatic N) is 1. The van der Waals surface area contributed by atoms with Gasteiger partial charge in [0.05, 0.1) is 17.9 Å². The lowest BCUT2D eigenvalue weighted by molar-refractivity contribution is 0.288. The summed E-state index contributed by atoms with van der Waals surface area (Å²) in [4.78, 5) is 0.295. The summed E-state index contributed by atoms with van der Waals surface area (Å²) in [6.07, 6.45) is 1.83. The number of benzene rings is 1. The molecule has 0 atom stereocenters. The Labute approximate surface area is 125 Å². The lowest BCUT2D eigenvalue weighted by Crippen LogP contribution is -2.37. The zero-order valence-corrected chi connectivity index (χ0v) is 13.4. The largest absolute Gasteiger partial charge is 0.496 e. The predicted molar refractivity (Wildman–Crippen MR) is 79.7 cm³/mol. The van der Waals surface area contributed by atoms with E-state index in [0.29, 0.717) is 35.2 Å². The Balaban J connectivity index is 2.30. The molecule has 112 valence electrons. The van der Waals surface area contributed by atoms with E-state index >= 15 is 0 Å². The molecule has 4 nitrogen and oxygen atoms in total. The first kappa shape index (κ1) is 15.6. The van der Waals surface area contributed by atoms with Crippen LogP contribution in [0.25, 0.3) is 0 Å². The Hall–Kier alpha value is -0.780. The predicted octanol–water partition coefficient (Wildman–Crippen LogP) is 2.85. The highest BCUT2D eigenvalue weighted by Gasteiger charge is 2.28. The number of alkyl halides is 1. The van der Waals surface area contributed by atoms with Crippen molar-refractivity contribution in [3.63, 3.8) is 0 Å². The molecule has 1 aliphatic rings. The number of sulfonamides is 1. The normalized spacial score (nSPS) is 18.1. The topological polar surface area (TPSA) is 46.6 Å². The monoisotopic (exact) mass is 317 g/mol. The van der Waals surface area contributed by atoms with Crippen molar-refractivity contribution in [2.45, 2.75) is 30.5 Å². The van der Waals surface area contributed by atoms with Gasteiger partial charge in [0.15, 0.2) is 0 Å². The van der Waals surface area contributed by atoms with Crippen LogP contribution in [0, 0.1) is 5.92 Å². The third-order valence-electron chi connectivity index (χ3n) is 3.78. The maximum atomic E-state index is 12.6. The maximum absolute atomic E-state index is 12.6. The van der Waals surface area contributed by atoms with Crippen LogP contribution in [0.3, 0.4) is 0 Å². The van der Waals surface area contributed by atoms with Gasteiger partial charge in [-0.1, -0.05) is 6.92 Å². The van der Waals surface area contributed by atoms with Gasteiger partial charge in [0, 0.05) is 18.7 Å². The van der Waals surface area contributed by atoms with Gasteiger partial charge in [-0.05, 0) is 37.0 Å². The highest BCUT2D eigenvalue weighted by Crippen LogP contribution is 2.28. The van der Waals surface area contributed by atoms with Gasteiger partial charge in [-0.3, -0.25) is 0 Å². The van der Waals surface area contributed by atoms with Crippen LogP contribution >= 0.6 is 11.6 Å². The molecule has 1 saturated heterocycles. The second-order valence-electron chi connectivity index (χ2n) is 5.19. The number of rotatable bonds is 4. The zero-order chi connectivity index (χ0) is 14.8. The van der Waals surface area contributed by atoms with E-state index in [-0.39, 0.29) is 5.88 Å². The summed E-state index contributed by atoms with van der Waals surface area (Å²) < 4.78 is 31.9. The van der Waals surface area contributed by atoms with Crippen LogP contribution in [0.1, 0.15) is 25.3 Å². The number of halogens is 1. The molecule has 1 heterocycles. The fourth-order valence-electron chi connectivity index (χ4n) is 2.39. The van der Waals surface area contributed by atoms with E-state index < -0.39 is 10.0 Å². The lowest BCUT2D eigenvalue weighted by Gasteiger charge is -2.29. The molecule has 1 aromatic carbocycles. The van der Waals surface area contributed by atoms with Crippen LogP contribution in [-0.4, -0.2) is 32.9 Å². The van der Waals surface area contributed by atoms with Gasteiger partial charge in [-0.2, -0.15) is 4.31 Å². The van der Waals surface area contributed by atoms with Crippen molar-refractivity contribution in [2.75, 3.05) is 20.2 Å². The van der Waals surface area contributed by atoms with Gasteiger partial charge in [0.1, 0.15) is 5.75 Å². The molecule has 2 rings (SSSR count). The van der Waals surface area contributed by atoms with Gasteiger partial charge < -0.3 is 4.74 Å². The van der Waals surface area contributed by atoms with Crippen LogP contribution < -0.4 is 4.74 Å². The van der Waals surface area contributed by atoms with Crippen LogP contribution in [0.4, 0.5) is 0 Å². The zero-order valence-electron chi connectivity index (χ0n) is 11.8. The molecule has 20 heavy (non-hydrogen) atoms.